The van der Waals surface area contributed by atoms with Crippen molar-refractivity contribution in [2.45, 2.75) is 13.0 Å². The average Bonchev–Trinajstić information content (AvgIpc) is 2.42. The third kappa shape index (κ3) is 2.87. The maximum absolute atomic E-state index is 5.49. The maximum atomic E-state index is 5.49. The molecule has 0 aliphatic carbocycles. The lowest BCUT2D eigenvalue weighted by atomic mass is 10.0. The van der Waals surface area contributed by atoms with Gasteiger partial charge in [-0.05, 0) is 31.2 Å². The Morgan fingerprint density at radius 2 is 1.94 bits per heavy atom. The minimum Gasteiger partial charge on any atom is -0.492 e. The summed E-state index contributed by atoms with van der Waals surface area (Å²) in [6, 6.07) is 12.5. The molecule has 18 heavy (non-hydrogen) atoms. The Balaban J connectivity index is 2.30. The lowest BCUT2D eigenvalue weighted by Gasteiger charge is -2.17. The molecule has 0 bridgehead atoms. The van der Waals surface area contributed by atoms with Gasteiger partial charge in [0.15, 0.2) is 0 Å². The first-order valence-electron chi connectivity index (χ1n) is 6.15. The quantitative estimate of drug-likeness (QED) is 0.875. The van der Waals surface area contributed by atoms with Crippen molar-refractivity contribution in [1.29, 1.82) is 0 Å². The van der Waals surface area contributed by atoms with Gasteiger partial charge < -0.3 is 10.1 Å². The van der Waals surface area contributed by atoms with Crippen molar-refractivity contribution in [3.8, 4) is 5.75 Å². The number of hydrogen-bond donors (Lipinski definition) is 1. The van der Waals surface area contributed by atoms with Gasteiger partial charge in [0, 0.05) is 6.20 Å². The highest BCUT2D eigenvalue weighted by Gasteiger charge is 2.12. The van der Waals surface area contributed by atoms with Crippen molar-refractivity contribution >= 4 is 0 Å². The van der Waals surface area contributed by atoms with Crippen molar-refractivity contribution in [3.63, 3.8) is 0 Å². The van der Waals surface area contributed by atoms with Crippen LogP contribution in [0.2, 0.25) is 0 Å². The van der Waals surface area contributed by atoms with Crippen LogP contribution in [-0.2, 0) is 0 Å². The van der Waals surface area contributed by atoms with E-state index in [-0.39, 0.29) is 6.04 Å². The standard InChI is InChI=1S/C15H18N2O/c1-3-18-14-9-13(10-17-11-14)15(16-2)12-7-5-4-6-8-12/h4-11,15-16H,3H2,1-2H3. The van der Waals surface area contributed by atoms with Gasteiger partial charge in [0.05, 0.1) is 18.8 Å². The fraction of sp³-hybridized carbons (Fsp3) is 0.267. The zero-order valence-electron chi connectivity index (χ0n) is 10.8. The highest BCUT2D eigenvalue weighted by molar-refractivity contribution is 5.33. The molecule has 0 aliphatic rings. The summed E-state index contributed by atoms with van der Waals surface area (Å²) in [5.41, 5.74) is 2.32. The van der Waals surface area contributed by atoms with Crippen LogP contribution in [0, 0.1) is 0 Å². The fourth-order valence-corrected chi connectivity index (χ4v) is 2.01. The van der Waals surface area contributed by atoms with Crippen molar-refractivity contribution < 1.29 is 4.74 Å². The molecule has 0 amide bonds. The molecule has 0 saturated heterocycles. The first-order valence-corrected chi connectivity index (χ1v) is 6.15. The van der Waals surface area contributed by atoms with Crippen LogP contribution in [0.3, 0.4) is 0 Å². The minimum atomic E-state index is 0.138. The maximum Gasteiger partial charge on any atom is 0.137 e. The smallest absolute Gasteiger partial charge is 0.137 e. The van der Waals surface area contributed by atoms with Gasteiger partial charge in [-0.2, -0.15) is 0 Å². The molecule has 1 atom stereocenters. The van der Waals surface area contributed by atoms with Crippen LogP contribution in [0.5, 0.6) is 5.75 Å². The summed E-state index contributed by atoms with van der Waals surface area (Å²) in [7, 11) is 1.95. The summed E-state index contributed by atoms with van der Waals surface area (Å²) in [5.74, 6) is 0.811. The van der Waals surface area contributed by atoms with Crippen molar-refractivity contribution in [3.05, 3.63) is 59.9 Å². The Labute approximate surface area is 108 Å². The van der Waals surface area contributed by atoms with Crippen LogP contribution in [0.4, 0.5) is 0 Å². The summed E-state index contributed by atoms with van der Waals surface area (Å²) in [4.78, 5) is 4.23. The largest absolute Gasteiger partial charge is 0.492 e. The number of nitrogens with zero attached hydrogens (tertiary/aromatic N) is 1. The van der Waals surface area contributed by atoms with Crippen LogP contribution in [0.1, 0.15) is 24.1 Å². The molecule has 1 aromatic carbocycles. The topological polar surface area (TPSA) is 34.1 Å². The molecule has 1 aromatic heterocycles. The number of ether oxygens (including phenoxy) is 1. The molecular formula is C15H18N2O. The molecule has 0 radical (unpaired) electrons. The number of rotatable bonds is 5. The van der Waals surface area contributed by atoms with Gasteiger partial charge in [-0.3, -0.25) is 4.98 Å². The van der Waals surface area contributed by atoms with E-state index in [2.05, 4.69) is 22.4 Å². The molecule has 94 valence electrons. The molecule has 1 N–H and O–H groups in total. The second kappa shape index (κ2) is 6.17. The van der Waals surface area contributed by atoms with Crippen LogP contribution in [0.15, 0.2) is 48.8 Å². The monoisotopic (exact) mass is 242 g/mol. The number of aromatic nitrogens is 1. The Morgan fingerprint density at radius 1 is 1.17 bits per heavy atom. The predicted octanol–water partition coefficient (Wildman–Crippen LogP) is 2.79. The van der Waals surface area contributed by atoms with Gasteiger partial charge in [-0.15, -0.1) is 0 Å². The summed E-state index contributed by atoms with van der Waals surface area (Å²) < 4.78 is 5.49. The second-order valence-electron chi connectivity index (χ2n) is 4.02. The lowest BCUT2D eigenvalue weighted by molar-refractivity contribution is 0.338. The average molecular weight is 242 g/mol. The predicted molar refractivity (Wildman–Crippen MR) is 72.8 cm³/mol. The van der Waals surface area contributed by atoms with Crippen molar-refractivity contribution in [1.82, 2.24) is 10.3 Å². The Hall–Kier alpha value is -1.87. The van der Waals surface area contributed by atoms with Crippen LogP contribution >= 0.6 is 0 Å². The van der Waals surface area contributed by atoms with Gasteiger partial charge in [0.2, 0.25) is 0 Å². The Morgan fingerprint density at radius 3 is 2.61 bits per heavy atom. The van der Waals surface area contributed by atoms with E-state index < -0.39 is 0 Å². The molecule has 0 fully saturated rings. The SMILES string of the molecule is CCOc1cncc(C(NC)c2ccccc2)c1. The zero-order chi connectivity index (χ0) is 12.8. The zero-order valence-corrected chi connectivity index (χ0v) is 10.8. The van der Waals surface area contributed by atoms with Crippen LogP contribution < -0.4 is 10.1 Å². The molecule has 1 unspecified atom stereocenters. The molecule has 1 heterocycles. The Bertz CT molecular complexity index is 485. The summed E-state index contributed by atoms with van der Waals surface area (Å²) in [5, 5.41) is 3.31. The molecule has 0 aliphatic heterocycles. The highest BCUT2D eigenvalue weighted by Crippen LogP contribution is 2.23. The van der Waals surface area contributed by atoms with Gasteiger partial charge in [0.1, 0.15) is 5.75 Å². The lowest BCUT2D eigenvalue weighted by Crippen LogP contribution is -2.17. The molecule has 2 aromatic rings. The van der Waals surface area contributed by atoms with E-state index in [1.807, 2.05) is 44.4 Å². The first-order chi connectivity index (χ1) is 8.85. The van der Waals surface area contributed by atoms with Gasteiger partial charge in [-0.1, -0.05) is 30.3 Å². The van der Waals surface area contributed by atoms with E-state index in [1.54, 1.807) is 6.20 Å². The molecular weight excluding hydrogens is 224 g/mol. The number of nitrogens with one attached hydrogen (secondary N) is 1. The number of benzene rings is 1. The highest BCUT2D eigenvalue weighted by atomic mass is 16.5. The minimum absolute atomic E-state index is 0.138. The molecule has 3 heteroatoms. The van der Waals surface area contributed by atoms with Gasteiger partial charge in [-0.25, -0.2) is 0 Å². The molecule has 2 rings (SSSR count). The van der Waals surface area contributed by atoms with Crippen molar-refractivity contribution in [2.24, 2.45) is 0 Å². The van der Waals surface area contributed by atoms with E-state index in [0.717, 1.165) is 11.3 Å². The first kappa shape index (κ1) is 12.6. The van der Waals surface area contributed by atoms with Crippen LogP contribution in [-0.4, -0.2) is 18.6 Å². The normalized spacial score (nSPS) is 12.1. The van der Waals surface area contributed by atoms with Gasteiger partial charge >= 0.3 is 0 Å². The van der Waals surface area contributed by atoms with E-state index in [1.165, 1.54) is 5.56 Å². The third-order valence-electron chi connectivity index (χ3n) is 2.80. The van der Waals surface area contributed by atoms with Gasteiger partial charge in [0.25, 0.3) is 0 Å². The third-order valence-corrected chi connectivity index (χ3v) is 2.80. The van der Waals surface area contributed by atoms with E-state index in [4.69, 9.17) is 4.74 Å². The van der Waals surface area contributed by atoms with Crippen molar-refractivity contribution in [2.75, 3.05) is 13.7 Å². The van der Waals surface area contributed by atoms with E-state index in [9.17, 15) is 0 Å². The van der Waals surface area contributed by atoms with E-state index >= 15 is 0 Å². The molecule has 3 nitrogen and oxygen atoms in total. The number of pyridine rings is 1. The number of hydrogen-bond acceptors (Lipinski definition) is 3. The summed E-state index contributed by atoms with van der Waals surface area (Å²) >= 11 is 0. The van der Waals surface area contributed by atoms with E-state index in [0.29, 0.717) is 6.61 Å². The Kier molecular flexibility index (Phi) is 4.31. The molecule has 0 spiro atoms. The van der Waals surface area contributed by atoms with Crippen LogP contribution in [0.25, 0.3) is 0 Å². The molecule has 0 saturated carbocycles. The summed E-state index contributed by atoms with van der Waals surface area (Å²) in [6.45, 7) is 2.63. The summed E-state index contributed by atoms with van der Waals surface area (Å²) in [6.07, 6.45) is 3.61. The fourth-order valence-electron chi connectivity index (χ4n) is 2.01. The second-order valence-corrected chi connectivity index (χ2v) is 4.02.